The molecule has 0 aliphatic carbocycles. The van der Waals surface area contributed by atoms with Crippen molar-refractivity contribution in [3.05, 3.63) is 89.5 Å². The molecule has 0 aromatic heterocycles. The first-order valence-electron chi connectivity index (χ1n) is 9.94. The zero-order valence-electron chi connectivity index (χ0n) is 16.7. The fourth-order valence-corrected chi connectivity index (χ4v) is 4.05. The summed E-state index contributed by atoms with van der Waals surface area (Å²) in [5, 5.41) is 13.0. The van der Waals surface area contributed by atoms with Gasteiger partial charge in [-0.1, -0.05) is 72.8 Å². The van der Waals surface area contributed by atoms with Crippen LogP contribution in [0.3, 0.4) is 0 Å². The number of fused-ring (bicyclic) bond motifs is 1. The molecule has 1 heterocycles. The predicted octanol–water partition coefficient (Wildman–Crippen LogP) is 4.30. The SMILES string of the molecule is COCCCN1C(=O)C(=O)/C(=C(\O)c2ccccc2)C1c1cccc2ccccc12. The van der Waals surface area contributed by atoms with Gasteiger partial charge in [-0.2, -0.15) is 0 Å². The van der Waals surface area contributed by atoms with Crippen molar-refractivity contribution >= 4 is 28.2 Å². The van der Waals surface area contributed by atoms with Gasteiger partial charge >= 0.3 is 0 Å². The van der Waals surface area contributed by atoms with Crippen LogP contribution in [-0.4, -0.2) is 42.0 Å². The smallest absolute Gasteiger partial charge is 0.295 e. The Hall–Kier alpha value is -3.44. The number of methoxy groups -OCH3 is 1. The van der Waals surface area contributed by atoms with Crippen molar-refractivity contribution in [3.63, 3.8) is 0 Å². The molecule has 0 saturated carbocycles. The zero-order chi connectivity index (χ0) is 21.1. The van der Waals surface area contributed by atoms with E-state index in [9.17, 15) is 14.7 Å². The second-order valence-electron chi connectivity index (χ2n) is 7.27. The van der Waals surface area contributed by atoms with Crippen LogP contribution in [-0.2, 0) is 14.3 Å². The summed E-state index contributed by atoms with van der Waals surface area (Å²) >= 11 is 0. The van der Waals surface area contributed by atoms with Crippen molar-refractivity contribution in [2.45, 2.75) is 12.5 Å². The molecule has 1 amide bonds. The number of ketones is 1. The van der Waals surface area contributed by atoms with Gasteiger partial charge in [-0.25, -0.2) is 0 Å². The summed E-state index contributed by atoms with van der Waals surface area (Å²) in [6, 6.07) is 21.9. The third-order valence-corrected chi connectivity index (χ3v) is 5.45. The van der Waals surface area contributed by atoms with Crippen molar-refractivity contribution in [3.8, 4) is 0 Å². The third kappa shape index (κ3) is 3.48. The molecule has 0 spiro atoms. The highest BCUT2D eigenvalue weighted by atomic mass is 16.5. The number of nitrogens with zero attached hydrogens (tertiary/aromatic N) is 1. The second kappa shape index (κ2) is 8.51. The molecule has 4 rings (SSSR count). The summed E-state index contributed by atoms with van der Waals surface area (Å²) in [7, 11) is 1.60. The molecule has 1 aliphatic heterocycles. The molecule has 152 valence electrons. The summed E-state index contributed by atoms with van der Waals surface area (Å²) < 4.78 is 5.13. The number of benzene rings is 3. The lowest BCUT2D eigenvalue weighted by Crippen LogP contribution is -2.31. The first-order valence-corrected chi connectivity index (χ1v) is 9.94. The number of likely N-dealkylation sites (tertiary alicyclic amines) is 1. The second-order valence-corrected chi connectivity index (χ2v) is 7.27. The van der Waals surface area contributed by atoms with Crippen LogP contribution in [0.2, 0.25) is 0 Å². The summed E-state index contributed by atoms with van der Waals surface area (Å²) in [5.74, 6) is -1.41. The van der Waals surface area contributed by atoms with E-state index in [0.29, 0.717) is 25.1 Å². The van der Waals surface area contributed by atoms with Gasteiger partial charge in [0.05, 0.1) is 11.6 Å². The fourth-order valence-electron chi connectivity index (χ4n) is 4.05. The maximum atomic E-state index is 13.0. The predicted molar refractivity (Wildman–Crippen MR) is 116 cm³/mol. The molecule has 0 bridgehead atoms. The first kappa shape index (κ1) is 19.9. The minimum atomic E-state index is -0.660. The van der Waals surface area contributed by atoms with Crippen LogP contribution in [0.5, 0.6) is 0 Å². The molecular formula is C25H23NO4. The molecule has 1 saturated heterocycles. The summed E-state index contributed by atoms with van der Waals surface area (Å²) in [4.78, 5) is 27.6. The van der Waals surface area contributed by atoms with Gasteiger partial charge in [0.15, 0.2) is 0 Å². The Bertz CT molecular complexity index is 1110. The first-order chi connectivity index (χ1) is 14.6. The van der Waals surface area contributed by atoms with Crippen LogP contribution in [0.25, 0.3) is 16.5 Å². The molecular weight excluding hydrogens is 378 g/mol. The Morgan fingerprint density at radius 1 is 0.967 bits per heavy atom. The van der Waals surface area contributed by atoms with E-state index in [1.165, 1.54) is 0 Å². The standard InChI is InChI=1S/C25H23NO4/c1-30-16-8-15-26-22(20-14-7-12-17-9-5-6-13-19(17)20)21(24(28)25(26)29)23(27)18-10-3-2-4-11-18/h2-7,9-14,22,27H,8,15-16H2,1H3/b23-21-. The summed E-state index contributed by atoms with van der Waals surface area (Å²) in [6.07, 6.45) is 0.593. The number of hydrogen-bond acceptors (Lipinski definition) is 4. The van der Waals surface area contributed by atoms with Gasteiger partial charge in [0.1, 0.15) is 5.76 Å². The van der Waals surface area contributed by atoms with E-state index in [4.69, 9.17) is 4.74 Å². The van der Waals surface area contributed by atoms with Crippen molar-refractivity contribution in [1.82, 2.24) is 4.90 Å². The van der Waals surface area contributed by atoms with E-state index in [2.05, 4.69) is 0 Å². The molecule has 30 heavy (non-hydrogen) atoms. The van der Waals surface area contributed by atoms with Crippen molar-refractivity contribution in [1.29, 1.82) is 0 Å². The maximum Gasteiger partial charge on any atom is 0.295 e. The number of rotatable bonds is 6. The molecule has 3 aromatic rings. The van der Waals surface area contributed by atoms with E-state index in [0.717, 1.165) is 16.3 Å². The van der Waals surface area contributed by atoms with Crippen LogP contribution in [0.15, 0.2) is 78.4 Å². The molecule has 1 fully saturated rings. The molecule has 1 N–H and O–H groups in total. The average molecular weight is 401 g/mol. The van der Waals surface area contributed by atoms with E-state index in [1.807, 2.05) is 48.5 Å². The lowest BCUT2D eigenvalue weighted by Gasteiger charge is -2.26. The highest BCUT2D eigenvalue weighted by Gasteiger charge is 2.46. The minimum absolute atomic E-state index is 0.125. The lowest BCUT2D eigenvalue weighted by atomic mass is 9.91. The molecule has 1 atom stereocenters. The van der Waals surface area contributed by atoms with Crippen LogP contribution in [0, 0.1) is 0 Å². The Morgan fingerprint density at radius 2 is 1.67 bits per heavy atom. The van der Waals surface area contributed by atoms with E-state index < -0.39 is 17.7 Å². The normalized spacial score (nSPS) is 18.3. The van der Waals surface area contributed by atoms with Gasteiger partial charge in [0.25, 0.3) is 11.7 Å². The van der Waals surface area contributed by atoms with Gasteiger partial charge in [0.2, 0.25) is 0 Å². The number of aliphatic hydroxyl groups is 1. The van der Waals surface area contributed by atoms with Crippen molar-refractivity contribution in [2.75, 3.05) is 20.3 Å². The summed E-state index contributed by atoms with van der Waals surface area (Å²) in [5.41, 5.74) is 1.46. The minimum Gasteiger partial charge on any atom is -0.507 e. The number of hydrogen-bond donors (Lipinski definition) is 1. The van der Waals surface area contributed by atoms with Crippen LogP contribution in [0.4, 0.5) is 0 Å². The van der Waals surface area contributed by atoms with Crippen LogP contribution < -0.4 is 0 Å². The van der Waals surface area contributed by atoms with Crippen molar-refractivity contribution in [2.24, 2.45) is 0 Å². The quantitative estimate of drug-likeness (QED) is 0.289. The van der Waals surface area contributed by atoms with Crippen LogP contribution >= 0.6 is 0 Å². The number of ether oxygens (including phenoxy) is 1. The van der Waals surface area contributed by atoms with Gasteiger partial charge in [-0.3, -0.25) is 9.59 Å². The van der Waals surface area contributed by atoms with Gasteiger partial charge < -0.3 is 14.7 Å². The zero-order valence-corrected chi connectivity index (χ0v) is 16.7. The molecule has 1 aliphatic rings. The number of aliphatic hydroxyl groups excluding tert-OH is 1. The molecule has 3 aromatic carbocycles. The molecule has 1 unspecified atom stereocenters. The number of carbonyl (C=O) groups is 2. The van der Waals surface area contributed by atoms with E-state index in [-0.39, 0.29) is 11.3 Å². The molecule has 5 nitrogen and oxygen atoms in total. The van der Waals surface area contributed by atoms with E-state index >= 15 is 0 Å². The Labute approximate surface area is 175 Å². The fraction of sp³-hybridized carbons (Fsp3) is 0.200. The highest BCUT2D eigenvalue weighted by Crippen LogP contribution is 2.41. The number of carbonyl (C=O) groups excluding carboxylic acids is 2. The van der Waals surface area contributed by atoms with Crippen LogP contribution in [0.1, 0.15) is 23.6 Å². The van der Waals surface area contributed by atoms with Gasteiger partial charge in [0, 0.05) is 25.8 Å². The Balaban J connectivity index is 1.92. The van der Waals surface area contributed by atoms with Crippen molar-refractivity contribution < 1.29 is 19.4 Å². The molecule has 0 radical (unpaired) electrons. The number of amides is 1. The summed E-state index contributed by atoms with van der Waals surface area (Å²) in [6.45, 7) is 0.835. The topological polar surface area (TPSA) is 66.8 Å². The number of Topliss-reactive ketones (excluding diaryl/α,β-unsaturated/α-hetero) is 1. The Kier molecular flexibility index (Phi) is 5.63. The Morgan fingerprint density at radius 3 is 2.43 bits per heavy atom. The molecule has 5 heteroatoms. The monoisotopic (exact) mass is 401 g/mol. The van der Waals surface area contributed by atoms with Gasteiger partial charge in [-0.15, -0.1) is 0 Å². The average Bonchev–Trinajstić information content (AvgIpc) is 3.04. The van der Waals surface area contributed by atoms with E-state index in [1.54, 1.807) is 36.3 Å². The maximum absolute atomic E-state index is 13.0. The lowest BCUT2D eigenvalue weighted by molar-refractivity contribution is -0.140. The largest absolute Gasteiger partial charge is 0.507 e. The highest BCUT2D eigenvalue weighted by molar-refractivity contribution is 6.46. The van der Waals surface area contributed by atoms with Gasteiger partial charge in [-0.05, 0) is 22.8 Å². The third-order valence-electron chi connectivity index (χ3n) is 5.45.